The molecule has 2 aromatic carbocycles. The molecule has 0 aliphatic rings. The lowest BCUT2D eigenvalue weighted by Crippen LogP contribution is -2.20. The number of fused-ring (bicyclic) bond motifs is 1. The van der Waals surface area contributed by atoms with Gasteiger partial charge in [0.15, 0.2) is 0 Å². The highest BCUT2D eigenvalue weighted by Gasteiger charge is 2.18. The van der Waals surface area contributed by atoms with E-state index in [0.29, 0.717) is 35.8 Å². The molecule has 0 saturated carbocycles. The van der Waals surface area contributed by atoms with Crippen LogP contribution >= 0.6 is 0 Å². The van der Waals surface area contributed by atoms with Crippen molar-refractivity contribution < 1.29 is 9.59 Å². The summed E-state index contributed by atoms with van der Waals surface area (Å²) in [7, 11) is 0. The normalized spacial score (nSPS) is 11.0. The molecule has 31 heavy (non-hydrogen) atoms. The number of nitrogens with two attached hydrogens (primary N) is 1. The number of aryl methyl sites for hydroxylation is 4. The van der Waals surface area contributed by atoms with Gasteiger partial charge in [0.05, 0.1) is 16.7 Å². The summed E-state index contributed by atoms with van der Waals surface area (Å²) in [6.07, 6.45) is 0.763. The number of aromatic nitrogens is 4. The van der Waals surface area contributed by atoms with Crippen LogP contribution in [-0.2, 0) is 19.5 Å². The van der Waals surface area contributed by atoms with Crippen molar-refractivity contribution in [3.63, 3.8) is 0 Å². The lowest BCUT2D eigenvalue weighted by atomic mass is 10.1. The van der Waals surface area contributed by atoms with Gasteiger partial charge in [-0.25, -0.2) is 4.98 Å². The monoisotopic (exact) mass is 416 g/mol. The maximum Gasteiger partial charge on any atom is 0.276 e. The Morgan fingerprint density at radius 3 is 2.58 bits per heavy atom. The van der Waals surface area contributed by atoms with Gasteiger partial charge in [0.25, 0.3) is 5.91 Å². The Morgan fingerprint density at radius 2 is 1.87 bits per heavy atom. The molecular weight excluding hydrogens is 392 g/mol. The number of imidazole rings is 1. The summed E-state index contributed by atoms with van der Waals surface area (Å²) in [5, 5.41) is 7.27. The number of rotatable bonds is 7. The van der Waals surface area contributed by atoms with Gasteiger partial charge in [-0.3, -0.25) is 19.6 Å². The molecule has 4 aromatic rings. The fourth-order valence-electron chi connectivity index (χ4n) is 3.63. The van der Waals surface area contributed by atoms with E-state index in [-0.39, 0.29) is 5.91 Å². The van der Waals surface area contributed by atoms with Gasteiger partial charge in [-0.05, 0) is 50.1 Å². The molecule has 0 fully saturated rings. The highest BCUT2D eigenvalue weighted by Crippen LogP contribution is 2.23. The topological polar surface area (TPSA) is 108 Å². The second-order valence-electron chi connectivity index (χ2n) is 7.33. The van der Waals surface area contributed by atoms with Crippen molar-refractivity contribution in [2.45, 2.75) is 33.4 Å². The maximum atomic E-state index is 13.0. The zero-order valence-electron chi connectivity index (χ0n) is 17.5. The molecule has 0 aliphatic carbocycles. The number of carbonyl (C=O) groups excluding carboxylic acids is 2. The van der Waals surface area contributed by atoms with Crippen molar-refractivity contribution in [2.24, 2.45) is 5.73 Å². The first-order valence-electron chi connectivity index (χ1n) is 10.2. The molecule has 4 rings (SSSR count). The molecular formula is C23H24N6O2. The van der Waals surface area contributed by atoms with Gasteiger partial charge < -0.3 is 10.3 Å². The Balaban J connectivity index is 1.71. The number of hydrogen-bond acceptors (Lipinski definition) is 4. The van der Waals surface area contributed by atoms with E-state index in [2.05, 4.69) is 27.5 Å². The van der Waals surface area contributed by atoms with Crippen molar-refractivity contribution in [3.05, 3.63) is 77.1 Å². The van der Waals surface area contributed by atoms with E-state index in [1.165, 1.54) is 5.56 Å². The number of hydrogen-bond donors (Lipinski definition) is 2. The van der Waals surface area contributed by atoms with Gasteiger partial charge in [0, 0.05) is 18.7 Å². The summed E-state index contributed by atoms with van der Waals surface area (Å²) in [5.74, 6) is -0.387. The number of nitrogens with zero attached hydrogens (tertiary/aromatic N) is 4. The SMILES string of the molecule is CCn1nc(C)cc1C(=O)Nc1nc2cc(C(N)=O)ccc2n1CCc1ccccc1. The zero-order chi connectivity index (χ0) is 22.0. The molecule has 2 heterocycles. The van der Waals surface area contributed by atoms with Crippen molar-refractivity contribution in [1.82, 2.24) is 19.3 Å². The standard InChI is InChI=1S/C23H24N6O2/c1-3-29-20(13-15(2)27-29)22(31)26-23-25-18-14-17(21(24)30)9-10-19(18)28(23)12-11-16-7-5-4-6-8-16/h4-10,13-14H,3,11-12H2,1-2H3,(H2,24,30)(H,25,26,31). The smallest absolute Gasteiger partial charge is 0.276 e. The van der Waals surface area contributed by atoms with Crippen LogP contribution in [0, 0.1) is 6.92 Å². The minimum atomic E-state index is -0.520. The Kier molecular flexibility index (Phi) is 5.53. The molecule has 0 bridgehead atoms. The van der Waals surface area contributed by atoms with Crippen molar-refractivity contribution >= 4 is 28.8 Å². The number of nitrogens with one attached hydrogen (secondary N) is 1. The Bertz CT molecular complexity index is 1260. The first kappa shape index (κ1) is 20.3. The van der Waals surface area contributed by atoms with Crippen LogP contribution in [0.25, 0.3) is 11.0 Å². The zero-order valence-corrected chi connectivity index (χ0v) is 17.5. The van der Waals surface area contributed by atoms with Gasteiger partial charge >= 0.3 is 0 Å². The highest BCUT2D eigenvalue weighted by atomic mass is 16.2. The van der Waals surface area contributed by atoms with Crippen LogP contribution in [0.5, 0.6) is 0 Å². The number of carbonyl (C=O) groups is 2. The van der Waals surface area contributed by atoms with Gasteiger partial charge in [-0.2, -0.15) is 5.10 Å². The van der Waals surface area contributed by atoms with E-state index in [0.717, 1.165) is 17.6 Å². The van der Waals surface area contributed by atoms with E-state index in [9.17, 15) is 9.59 Å². The molecule has 8 nitrogen and oxygen atoms in total. The summed E-state index contributed by atoms with van der Waals surface area (Å²) in [6.45, 7) is 4.98. The summed E-state index contributed by atoms with van der Waals surface area (Å²) < 4.78 is 3.61. The van der Waals surface area contributed by atoms with Crippen LogP contribution < -0.4 is 11.1 Å². The van der Waals surface area contributed by atoms with E-state index >= 15 is 0 Å². The number of primary amides is 1. The molecule has 2 aromatic heterocycles. The fourth-order valence-corrected chi connectivity index (χ4v) is 3.63. The van der Waals surface area contributed by atoms with Crippen molar-refractivity contribution in [1.29, 1.82) is 0 Å². The van der Waals surface area contributed by atoms with Gasteiger partial charge in [0.2, 0.25) is 11.9 Å². The molecule has 0 saturated heterocycles. The first-order valence-corrected chi connectivity index (χ1v) is 10.2. The van der Waals surface area contributed by atoms with E-state index in [1.807, 2.05) is 42.7 Å². The quantitative estimate of drug-likeness (QED) is 0.482. The van der Waals surface area contributed by atoms with Crippen LogP contribution in [0.3, 0.4) is 0 Å². The van der Waals surface area contributed by atoms with Crippen LogP contribution in [0.2, 0.25) is 0 Å². The summed E-state index contributed by atoms with van der Waals surface area (Å²) in [5.41, 5.74) is 9.63. The molecule has 3 N–H and O–H groups in total. The van der Waals surface area contributed by atoms with E-state index in [1.54, 1.807) is 22.9 Å². The maximum absolute atomic E-state index is 13.0. The Morgan fingerprint density at radius 1 is 1.10 bits per heavy atom. The van der Waals surface area contributed by atoms with Crippen LogP contribution in [0.15, 0.2) is 54.6 Å². The summed E-state index contributed by atoms with van der Waals surface area (Å²) >= 11 is 0. The van der Waals surface area contributed by atoms with Crippen molar-refractivity contribution in [2.75, 3.05) is 5.32 Å². The van der Waals surface area contributed by atoms with E-state index in [4.69, 9.17) is 5.73 Å². The molecule has 2 amide bonds. The molecule has 0 unspecified atom stereocenters. The molecule has 0 spiro atoms. The van der Waals surface area contributed by atoms with Crippen LogP contribution in [0.4, 0.5) is 5.95 Å². The Labute approximate surface area is 179 Å². The third-order valence-corrected chi connectivity index (χ3v) is 5.16. The lowest BCUT2D eigenvalue weighted by Gasteiger charge is -2.11. The van der Waals surface area contributed by atoms with Crippen LogP contribution in [-0.4, -0.2) is 31.1 Å². The highest BCUT2D eigenvalue weighted by molar-refractivity contribution is 6.03. The predicted molar refractivity (Wildman–Crippen MR) is 119 cm³/mol. The van der Waals surface area contributed by atoms with E-state index < -0.39 is 5.91 Å². The summed E-state index contributed by atoms with van der Waals surface area (Å²) in [4.78, 5) is 29.2. The van der Waals surface area contributed by atoms with Crippen LogP contribution in [0.1, 0.15) is 39.0 Å². The third kappa shape index (κ3) is 4.18. The number of anilines is 1. The largest absolute Gasteiger partial charge is 0.366 e. The molecule has 0 atom stereocenters. The van der Waals surface area contributed by atoms with Crippen molar-refractivity contribution in [3.8, 4) is 0 Å². The van der Waals surface area contributed by atoms with Gasteiger partial charge in [-0.15, -0.1) is 0 Å². The predicted octanol–water partition coefficient (Wildman–Crippen LogP) is 3.16. The molecule has 158 valence electrons. The second kappa shape index (κ2) is 8.43. The third-order valence-electron chi connectivity index (χ3n) is 5.16. The summed E-state index contributed by atoms with van der Waals surface area (Å²) in [6, 6.07) is 17.0. The second-order valence-corrected chi connectivity index (χ2v) is 7.33. The number of benzene rings is 2. The van der Waals surface area contributed by atoms with Gasteiger partial charge in [-0.1, -0.05) is 30.3 Å². The fraction of sp³-hybridized carbons (Fsp3) is 0.217. The molecule has 0 radical (unpaired) electrons. The Hall–Kier alpha value is -3.94. The minimum absolute atomic E-state index is 0.283. The average Bonchev–Trinajstić information content (AvgIpc) is 3.31. The van der Waals surface area contributed by atoms with Gasteiger partial charge in [0.1, 0.15) is 5.69 Å². The average molecular weight is 416 g/mol. The molecule has 0 aliphatic heterocycles. The number of amides is 2. The lowest BCUT2D eigenvalue weighted by molar-refractivity contribution is 0.0996. The minimum Gasteiger partial charge on any atom is -0.366 e. The molecule has 8 heteroatoms. The first-order chi connectivity index (χ1) is 15.0.